The van der Waals surface area contributed by atoms with Crippen molar-refractivity contribution >= 4 is 23.2 Å². The van der Waals surface area contributed by atoms with Gasteiger partial charge in [0.2, 0.25) is 5.91 Å². The molecule has 5 nitrogen and oxygen atoms in total. The van der Waals surface area contributed by atoms with Crippen molar-refractivity contribution in [3.05, 3.63) is 88.1 Å². The van der Waals surface area contributed by atoms with Crippen molar-refractivity contribution in [3.63, 3.8) is 0 Å². The summed E-state index contributed by atoms with van der Waals surface area (Å²) in [7, 11) is 1.60. The van der Waals surface area contributed by atoms with Crippen molar-refractivity contribution in [3.8, 4) is 5.75 Å². The lowest BCUT2D eigenvalue weighted by atomic mass is 10.1. The SMILES string of the molecule is COc1cccc(CNC(=O)[C@@H](NC(=O)c2cccs2)c2ccccc2)c1. The number of ether oxygens (including phenoxy) is 1. The van der Waals surface area contributed by atoms with Crippen LogP contribution in [0.4, 0.5) is 0 Å². The Morgan fingerprint density at radius 2 is 1.85 bits per heavy atom. The number of benzene rings is 2. The minimum Gasteiger partial charge on any atom is -0.497 e. The van der Waals surface area contributed by atoms with Gasteiger partial charge in [0, 0.05) is 6.54 Å². The monoisotopic (exact) mass is 380 g/mol. The first-order valence-corrected chi connectivity index (χ1v) is 9.35. The predicted octanol–water partition coefficient (Wildman–Crippen LogP) is 3.54. The van der Waals surface area contributed by atoms with Gasteiger partial charge >= 0.3 is 0 Å². The Morgan fingerprint density at radius 1 is 1.04 bits per heavy atom. The van der Waals surface area contributed by atoms with E-state index in [1.54, 1.807) is 19.2 Å². The second-order valence-electron chi connectivity index (χ2n) is 5.86. The number of rotatable bonds is 7. The fourth-order valence-corrected chi connectivity index (χ4v) is 3.26. The molecule has 3 rings (SSSR count). The quantitative estimate of drug-likeness (QED) is 0.659. The van der Waals surface area contributed by atoms with Gasteiger partial charge in [-0.25, -0.2) is 0 Å². The molecular weight excluding hydrogens is 360 g/mol. The normalized spacial score (nSPS) is 11.4. The molecule has 1 atom stereocenters. The average Bonchev–Trinajstić information content (AvgIpc) is 3.26. The van der Waals surface area contributed by atoms with Gasteiger partial charge in [-0.3, -0.25) is 9.59 Å². The number of carbonyl (C=O) groups is 2. The van der Waals surface area contributed by atoms with Crippen molar-refractivity contribution in [2.45, 2.75) is 12.6 Å². The Balaban J connectivity index is 1.73. The van der Waals surface area contributed by atoms with E-state index in [0.29, 0.717) is 11.4 Å². The minimum absolute atomic E-state index is 0.268. The molecule has 1 heterocycles. The van der Waals surface area contributed by atoms with E-state index >= 15 is 0 Å². The highest BCUT2D eigenvalue weighted by molar-refractivity contribution is 7.12. The molecule has 0 aliphatic rings. The molecule has 2 amide bonds. The molecule has 6 heteroatoms. The third kappa shape index (κ3) is 4.95. The lowest BCUT2D eigenvalue weighted by molar-refractivity contribution is -0.123. The molecule has 0 spiro atoms. The summed E-state index contributed by atoms with van der Waals surface area (Å²) < 4.78 is 5.20. The lowest BCUT2D eigenvalue weighted by Gasteiger charge is -2.19. The molecule has 27 heavy (non-hydrogen) atoms. The molecule has 0 fully saturated rings. The number of carbonyl (C=O) groups excluding carboxylic acids is 2. The number of methoxy groups -OCH3 is 1. The van der Waals surface area contributed by atoms with Gasteiger partial charge in [-0.2, -0.15) is 0 Å². The molecule has 2 N–H and O–H groups in total. The van der Waals surface area contributed by atoms with Crippen LogP contribution in [0.3, 0.4) is 0 Å². The van der Waals surface area contributed by atoms with Crippen molar-refractivity contribution in [1.29, 1.82) is 0 Å². The first-order chi connectivity index (χ1) is 13.2. The molecule has 3 aromatic rings. The topological polar surface area (TPSA) is 67.4 Å². The molecule has 138 valence electrons. The smallest absolute Gasteiger partial charge is 0.262 e. The second kappa shape index (κ2) is 9.00. The van der Waals surface area contributed by atoms with E-state index in [2.05, 4.69) is 10.6 Å². The zero-order valence-corrected chi connectivity index (χ0v) is 15.7. The Labute approximate surface area is 162 Å². The highest BCUT2D eigenvalue weighted by Gasteiger charge is 2.23. The molecular formula is C21H20N2O3S. The van der Waals surface area contributed by atoms with Crippen molar-refractivity contribution < 1.29 is 14.3 Å². The highest BCUT2D eigenvalue weighted by Crippen LogP contribution is 2.17. The third-order valence-corrected chi connectivity index (χ3v) is 4.89. The molecule has 0 bridgehead atoms. The molecule has 1 aromatic heterocycles. The summed E-state index contributed by atoms with van der Waals surface area (Å²) >= 11 is 1.34. The number of hydrogen-bond donors (Lipinski definition) is 2. The van der Waals surface area contributed by atoms with E-state index in [0.717, 1.165) is 16.9 Å². The first kappa shape index (κ1) is 18.7. The largest absolute Gasteiger partial charge is 0.497 e. The molecule has 0 radical (unpaired) electrons. The summed E-state index contributed by atoms with van der Waals surface area (Å²) in [5.74, 6) is 0.191. The second-order valence-corrected chi connectivity index (χ2v) is 6.81. The van der Waals surface area contributed by atoms with Crippen LogP contribution in [0.15, 0.2) is 72.1 Å². The van der Waals surface area contributed by atoms with E-state index in [1.807, 2.05) is 60.0 Å². The van der Waals surface area contributed by atoms with Crippen LogP contribution < -0.4 is 15.4 Å². The summed E-state index contributed by atoms with van der Waals surface area (Å²) in [6.07, 6.45) is 0. The molecule has 0 aliphatic heterocycles. The van der Waals surface area contributed by atoms with Crippen LogP contribution in [-0.4, -0.2) is 18.9 Å². The molecule has 0 saturated carbocycles. The summed E-state index contributed by atoms with van der Waals surface area (Å²) in [5, 5.41) is 7.55. The van der Waals surface area contributed by atoms with Gasteiger partial charge in [0.15, 0.2) is 0 Å². The Morgan fingerprint density at radius 3 is 2.56 bits per heavy atom. The summed E-state index contributed by atoms with van der Waals surface area (Å²) in [6.45, 7) is 0.342. The van der Waals surface area contributed by atoms with Crippen molar-refractivity contribution in [2.75, 3.05) is 7.11 Å². The van der Waals surface area contributed by atoms with Crippen LogP contribution in [0.1, 0.15) is 26.8 Å². The minimum atomic E-state index is -0.772. The van der Waals surface area contributed by atoms with E-state index in [-0.39, 0.29) is 11.8 Å². The van der Waals surface area contributed by atoms with E-state index in [9.17, 15) is 9.59 Å². The Kier molecular flexibility index (Phi) is 6.22. The lowest BCUT2D eigenvalue weighted by Crippen LogP contribution is -2.40. The van der Waals surface area contributed by atoms with Crippen LogP contribution in [-0.2, 0) is 11.3 Å². The fourth-order valence-electron chi connectivity index (χ4n) is 2.63. The highest BCUT2D eigenvalue weighted by atomic mass is 32.1. The van der Waals surface area contributed by atoms with Crippen LogP contribution in [0.25, 0.3) is 0 Å². The van der Waals surface area contributed by atoms with Gasteiger partial charge < -0.3 is 15.4 Å². The summed E-state index contributed by atoms with van der Waals surface area (Å²) in [4.78, 5) is 25.8. The Hall–Kier alpha value is -3.12. The van der Waals surface area contributed by atoms with Gasteiger partial charge in [-0.15, -0.1) is 11.3 Å². The molecule has 0 unspecified atom stereocenters. The first-order valence-electron chi connectivity index (χ1n) is 8.47. The van der Waals surface area contributed by atoms with Gasteiger partial charge in [0.25, 0.3) is 5.91 Å². The van der Waals surface area contributed by atoms with E-state index in [4.69, 9.17) is 4.74 Å². The molecule has 0 saturated heterocycles. The standard InChI is InChI=1S/C21H20N2O3S/c1-26-17-10-5-7-15(13-17)14-22-21(25)19(16-8-3-2-4-9-16)23-20(24)18-11-6-12-27-18/h2-13,19H,14H2,1H3,(H,22,25)(H,23,24)/t19-/m0/s1. The number of amides is 2. The molecule has 2 aromatic carbocycles. The zero-order chi connectivity index (χ0) is 19.1. The van der Waals surface area contributed by atoms with Crippen LogP contribution >= 0.6 is 11.3 Å². The van der Waals surface area contributed by atoms with Crippen molar-refractivity contribution in [1.82, 2.24) is 10.6 Å². The number of hydrogen-bond acceptors (Lipinski definition) is 4. The number of nitrogens with one attached hydrogen (secondary N) is 2. The van der Waals surface area contributed by atoms with Crippen LogP contribution in [0, 0.1) is 0 Å². The summed E-state index contributed by atoms with van der Waals surface area (Å²) in [5.41, 5.74) is 1.64. The zero-order valence-electron chi connectivity index (χ0n) is 14.8. The maximum Gasteiger partial charge on any atom is 0.262 e. The maximum absolute atomic E-state index is 12.8. The van der Waals surface area contributed by atoms with Crippen LogP contribution in [0.2, 0.25) is 0 Å². The number of thiophene rings is 1. The predicted molar refractivity (Wildman–Crippen MR) is 106 cm³/mol. The fraction of sp³-hybridized carbons (Fsp3) is 0.143. The van der Waals surface area contributed by atoms with E-state index < -0.39 is 6.04 Å². The van der Waals surface area contributed by atoms with Gasteiger partial charge in [0.1, 0.15) is 11.8 Å². The summed E-state index contributed by atoms with van der Waals surface area (Å²) in [6, 6.07) is 19.5. The Bertz CT molecular complexity index is 895. The van der Waals surface area contributed by atoms with Crippen LogP contribution in [0.5, 0.6) is 5.75 Å². The van der Waals surface area contributed by atoms with Gasteiger partial charge in [-0.1, -0.05) is 48.5 Å². The van der Waals surface area contributed by atoms with Gasteiger partial charge in [-0.05, 0) is 34.7 Å². The maximum atomic E-state index is 12.8. The third-order valence-electron chi connectivity index (χ3n) is 4.02. The average molecular weight is 380 g/mol. The van der Waals surface area contributed by atoms with Crippen molar-refractivity contribution in [2.24, 2.45) is 0 Å². The molecule has 0 aliphatic carbocycles. The van der Waals surface area contributed by atoms with E-state index in [1.165, 1.54) is 11.3 Å². The van der Waals surface area contributed by atoms with Gasteiger partial charge in [0.05, 0.1) is 12.0 Å².